The van der Waals surface area contributed by atoms with Crippen LogP contribution in [0.5, 0.6) is 0 Å². The third-order valence-electron chi connectivity index (χ3n) is 1.64. The van der Waals surface area contributed by atoms with Crippen LogP contribution in [-0.2, 0) is 0 Å². The average molecular weight is 270 g/mol. The van der Waals surface area contributed by atoms with Gasteiger partial charge in [-0.2, -0.15) is 0 Å². The molecule has 0 saturated heterocycles. The lowest BCUT2D eigenvalue weighted by Gasteiger charge is -2.02. The summed E-state index contributed by atoms with van der Waals surface area (Å²) in [6.45, 7) is 4.36. The molecule has 1 N–H and O–H groups in total. The molecule has 0 saturated carbocycles. The third kappa shape index (κ3) is 2.10. The van der Waals surface area contributed by atoms with Crippen LogP contribution in [0.15, 0.2) is 28.7 Å². The van der Waals surface area contributed by atoms with Crippen LogP contribution in [0.1, 0.15) is 0 Å². The number of nitrogens with one attached hydrogen (secondary N) is 1. The van der Waals surface area contributed by atoms with Gasteiger partial charge in [-0.25, -0.2) is 9.97 Å². The molecule has 0 aliphatic rings. The van der Waals surface area contributed by atoms with E-state index in [1.54, 1.807) is 11.3 Å². The van der Waals surface area contributed by atoms with Crippen molar-refractivity contribution in [2.24, 2.45) is 0 Å². The summed E-state index contributed by atoms with van der Waals surface area (Å²) in [4.78, 5) is 8.51. The summed E-state index contributed by atoms with van der Waals surface area (Å²) in [5, 5.41) is 5.07. The van der Waals surface area contributed by atoms with Crippen molar-refractivity contribution >= 4 is 43.4 Å². The van der Waals surface area contributed by atoms with E-state index in [4.69, 9.17) is 0 Å². The summed E-state index contributed by atoms with van der Waals surface area (Å²) in [6.07, 6.45) is 1.83. The number of rotatable bonds is 3. The fraction of sp³-hybridized carbons (Fsp3) is 0.111. The number of nitrogens with zero attached hydrogens (tertiary/aromatic N) is 2. The number of fused-ring (bicyclic) bond motifs is 1. The standard InChI is InChI=1S/C9H8BrN3S/c1-6(10)4-11-9-12-5-8-7(13-9)2-3-14-8/h2-3,5H,1,4H2,(H,11,12,13). The highest BCUT2D eigenvalue weighted by Crippen LogP contribution is 2.18. The maximum Gasteiger partial charge on any atom is 0.223 e. The molecule has 72 valence electrons. The predicted molar refractivity (Wildman–Crippen MR) is 64.0 cm³/mol. The third-order valence-corrected chi connectivity index (χ3v) is 2.76. The monoisotopic (exact) mass is 269 g/mol. The fourth-order valence-electron chi connectivity index (χ4n) is 1.03. The van der Waals surface area contributed by atoms with Crippen LogP contribution in [-0.4, -0.2) is 16.5 Å². The van der Waals surface area contributed by atoms with E-state index in [0.29, 0.717) is 12.5 Å². The van der Waals surface area contributed by atoms with E-state index >= 15 is 0 Å². The van der Waals surface area contributed by atoms with Gasteiger partial charge in [-0.3, -0.25) is 0 Å². The van der Waals surface area contributed by atoms with Crippen molar-refractivity contribution in [2.45, 2.75) is 0 Å². The molecule has 0 amide bonds. The zero-order chi connectivity index (χ0) is 9.97. The summed E-state index contributed by atoms with van der Waals surface area (Å²) < 4.78 is 1.99. The van der Waals surface area contributed by atoms with E-state index in [1.165, 1.54) is 0 Å². The van der Waals surface area contributed by atoms with Crippen LogP contribution in [0.4, 0.5) is 5.95 Å². The smallest absolute Gasteiger partial charge is 0.223 e. The number of anilines is 1. The molecule has 14 heavy (non-hydrogen) atoms. The molecule has 2 aromatic rings. The number of halogens is 1. The van der Waals surface area contributed by atoms with Gasteiger partial charge in [0.05, 0.1) is 16.4 Å². The first-order valence-corrected chi connectivity index (χ1v) is 5.70. The molecule has 0 unspecified atom stereocenters. The van der Waals surface area contributed by atoms with Crippen LogP contribution in [0, 0.1) is 0 Å². The highest BCUT2D eigenvalue weighted by molar-refractivity contribution is 9.11. The molecule has 5 heteroatoms. The summed E-state index contributed by atoms with van der Waals surface area (Å²) in [6, 6.07) is 1.98. The Hall–Kier alpha value is -0.940. The van der Waals surface area contributed by atoms with Crippen LogP contribution >= 0.6 is 27.3 Å². The highest BCUT2D eigenvalue weighted by atomic mass is 79.9. The van der Waals surface area contributed by atoms with Gasteiger partial charge in [-0.15, -0.1) is 11.3 Å². The molecule has 2 heterocycles. The summed E-state index contributed by atoms with van der Waals surface area (Å²) in [5.41, 5.74) is 0.979. The van der Waals surface area contributed by atoms with Crippen molar-refractivity contribution in [1.82, 2.24) is 9.97 Å². The van der Waals surface area contributed by atoms with E-state index in [-0.39, 0.29) is 0 Å². The first kappa shape index (κ1) is 9.61. The fourth-order valence-corrected chi connectivity index (χ4v) is 1.86. The zero-order valence-corrected chi connectivity index (χ0v) is 9.73. The molecular weight excluding hydrogens is 262 g/mol. The zero-order valence-electron chi connectivity index (χ0n) is 7.33. The van der Waals surface area contributed by atoms with Gasteiger partial charge in [0.1, 0.15) is 0 Å². The van der Waals surface area contributed by atoms with Crippen LogP contribution in [0.3, 0.4) is 0 Å². The minimum Gasteiger partial charge on any atom is -0.350 e. The lowest BCUT2D eigenvalue weighted by Crippen LogP contribution is -2.04. The molecule has 0 spiro atoms. The minimum atomic E-state index is 0.635. The summed E-state index contributed by atoms with van der Waals surface area (Å²) >= 11 is 4.90. The highest BCUT2D eigenvalue weighted by Gasteiger charge is 1.99. The van der Waals surface area contributed by atoms with Gasteiger partial charge in [0, 0.05) is 11.0 Å². The van der Waals surface area contributed by atoms with Gasteiger partial charge >= 0.3 is 0 Å². The predicted octanol–water partition coefficient (Wildman–Crippen LogP) is 3.01. The van der Waals surface area contributed by atoms with Crippen molar-refractivity contribution in [3.8, 4) is 0 Å². The Morgan fingerprint density at radius 3 is 3.29 bits per heavy atom. The van der Waals surface area contributed by atoms with Crippen LogP contribution in [0.25, 0.3) is 10.2 Å². The number of thiophene rings is 1. The molecule has 0 bridgehead atoms. The van der Waals surface area contributed by atoms with Crippen LogP contribution in [0.2, 0.25) is 0 Å². The normalized spacial score (nSPS) is 10.4. The van der Waals surface area contributed by atoms with Crippen molar-refractivity contribution in [2.75, 3.05) is 11.9 Å². The van der Waals surface area contributed by atoms with Crippen molar-refractivity contribution in [1.29, 1.82) is 0 Å². The Morgan fingerprint density at radius 1 is 1.64 bits per heavy atom. The van der Waals surface area contributed by atoms with E-state index < -0.39 is 0 Å². The van der Waals surface area contributed by atoms with Crippen molar-refractivity contribution < 1.29 is 0 Å². The Bertz CT molecular complexity index is 466. The largest absolute Gasteiger partial charge is 0.350 e. The molecule has 0 atom stereocenters. The molecule has 0 aliphatic heterocycles. The second-order valence-corrected chi connectivity index (χ2v) is 4.80. The topological polar surface area (TPSA) is 37.8 Å². The number of hydrogen-bond acceptors (Lipinski definition) is 4. The number of aromatic nitrogens is 2. The molecule has 0 aliphatic carbocycles. The molecule has 2 rings (SSSR count). The molecule has 3 nitrogen and oxygen atoms in total. The summed E-state index contributed by atoms with van der Waals surface area (Å²) in [7, 11) is 0. The average Bonchev–Trinajstić information content (AvgIpc) is 2.61. The first-order valence-electron chi connectivity index (χ1n) is 4.03. The lowest BCUT2D eigenvalue weighted by molar-refractivity contribution is 1.15. The Labute approximate surface area is 94.0 Å². The Kier molecular flexibility index (Phi) is 2.79. The lowest BCUT2D eigenvalue weighted by atomic mass is 10.5. The molecule has 0 fully saturated rings. The summed E-state index contributed by atoms with van der Waals surface area (Å²) in [5.74, 6) is 0.636. The molecule has 2 aromatic heterocycles. The van der Waals surface area contributed by atoms with Crippen LogP contribution < -0.4 is 5.32 Å². The first-order chi connectivity index (χ1) is 6.75. The number of hydrogen-bond donors (Lipinski definition) is 1. The Balaban J connectivity index is 2.21. The van der Waals surface area contributed by atoms with Crippen molar-refractivity contribution in [3.63, 3.8) is 0 Å². The Morgan fingerprint density at radius 2 is 2.50 bits per heavy atom. The second kappa shape index (κ2) is 4.06. The van der Waals surface area contributed by atoms with E-state index in [2.05, 4.69) is 37.8 Å². The second-order valence-electron chi connectivity index (χ2n) is 2.73. The molecule has 0 radical (unpaired) electrons. The maximum absolute atomic E-state index is 4.33. The SMILES string of the molecule is C=C(Br)CNc1ncc2sccc2n1. The van der Waals surface area contributed by atoms with Gasteiger partial charge in [-0.1, -0.05) is 22.5 Å². The van der Waals surface area contributed by atoms with Gasteiger partial charge in [0.15, 0.2) is 0 Å². The van der Waals surface area contributed by atoms with Gasteiger partial charge in [0.2, 0.25) is 5.95 Å². The quantitative estimate of drug-likeness (QED) is 0.931. The van der Waals surface area contributed by atoms with Gasteiger partial charge in [-0.05, 0) is 11.4 Å². The van der Waals surface area contributed by atoms with E-state index in [9.17, 15) is 0 Å². The van der Waals surface area contributed by atoms with Crippen molar-refractivity contribution in [3.05, 3.63) is 28.7 Å². The minimum absolute atomic E-state index is 0.635. The van der Waals surface area contributed by atoms with E-state index in [1.807, 2.05) is 17.6 Å². The molecular formula is C9H8BrN3S. The van der Waals surface area contributed by atoms with Gasteiger partial charge < -0.3 is 5.32 Å². The van der Waals surface area contributed by atoms with E-state index in [0.717, 1.165) is 14.7 Å². The maximum atomic E-state index is 4.33. The molecule has 0 aromatic carbocycles. The van der Waals surface area contributed by atoms with Gasteiger partial charge in [0.25, 0.3) is 0 Å².